The van der Waals surface area contributed by atoms with Gasteiger partial charge >= 0.3 is 19.8 Å². The molecular weight excluding hydrogens is 369 g/mol. The Morgan fingerprint density at radius 2 is 1.60 bits per heavy atom. The molecule has 0 aliphatic heterocycles. The number of benzene rings is 2. The van der Waals surface area contributed by atoms with Gasteiger partial charge < -0.3 is 5.32 Å². The van der Waals surface area contributed by atoms with Crippen LogP contribution in [0.15, 0.2) is 54.6 Å². The van der Waals surface area contributed by atoms with Crippen LogP contribution in [-0.2, 0) is 6.14 Å². The summed E-state index contributed by atoms with van der Waals surface area (Å²) in [6, 6.07) is 15.6. The Bertz CT molecular complexity index is 673. The Morgan fingerprint density at radius 3 is 2.25 bits per heavy atom. The molecule has 0 unspecified atom stereocenters. The van der Waals surface area contributed by atoms with Crippen molar-refractivity contribution in [2.75, 3.05) is 0 Å². The van der Waals surface area contributed by atoms with Gasteiger partial charge in [-0.2, -0.15) is 0 Å². The summed E-state index contributed by atoms with van der Waals surface area (Å²) in [6.07, 6.45) is 0. The summed E-state index contributed by atoms with van der Waals surface area (Å²) in [5.74, 6) is -0.369. The molecule has 4 nitrogen and oxygen atoms in total. The van der Waals surface area contributed by atoms with Crippen LogP contribution in [0.1, 0.15) is 28.9 Å². The first kappa shape index (κ1) is 14.6. The Balaban J connectivity index is 2.21. The number of hydrogen-bond acceptors (Lipinski definition) is 3. The van der Waals surface area contributed by atoms with E-state index in [-0.39, 0.29) is 21.1 Å². The fourth-order valence-corrected chi connectivity index (χ4v) is 3.28. The van der Waals surface area contributed by atoms with Gasteiger partial charge in [0.1, 0.15) is 0 Å². The monoisotopic (exact) mass is 383 g/mol. The lowest BCUT2D eigenvalue weighted by Crippen LogP contribution is -2.27. The molecule has 0 aromatic heterocycles. The molecule has 0 saturated heterocycles. The molecule has 104 valence electrons. The standard InChI is InChI=1S/C15H14INO3/c1-11(12-7-3-2-4-8-12)17-15(18)13-9-5-6-10-14(13)16(19)20/h2-11H,1H3,(H,17,18)/t11-/m1/s1. The molecule has 5 heteroatoms. The first-order valence-electron chi connectivity index (χ1n) is 6.09. The predicted octanol–water partition coefficient (Wildman–Crippen LogP) is 3.54. The molecule has 0 heterocycles. The summed E-state index contributed by atoms with van der Waals surface area (Å²) in [7, 11) is 0. The maximum atomic E-state index is 12.2. The van der Waals surface area contributed by atoms with Crippen LogP contribution in [0.2, 0.25) is 0 Å². The van der Waals surface area contributed by atoms with Gasteiger partial charge in [-0.25, -0.2) is 6.14 Å². The zero-order valence-corrected chi connectivity index (χ0v) is 13.0. The van der Waals surface area contributed by atoms with E-state index >= 15 is 0 Å². The van der Waals surface area contributed by atoms with Crippen LogP contribution in [0.25, 0.3) is 0 Å². The largest absolute Gasteiger partial charge is 0.345 e. The number of halogens is 1. The highest BCUT2D eigenvalue weighted by atomic mass is 127. The highest BCUT2D eigenvalue weighted by molar-refractivity contribution is 14.2. The van der Waals surface area contributed by atoms with Gasteiger partial charge in [-0.15, -0.1) is 0 Å². The van der Waals surface area contributed by atoms with Crippen LogP contribution in [0.5, 0.6) is 0 Å². The van der Waals surface area contributed by atoms with E-state index in [0.29, 0.717) is 0 Å². The van der Waals surface area contributed by atoms with Crippen LogP contribution in [0.3, 0.4) is 0 Å². The molecule has 0 fully saturated rings. The maximum Gasteiger partial charge on any atom is 0.341 e. The minimum atomic E-state index is -3.68. The van der Waals surface area contributed by atoms with Crippen LogP contribution < -0.4 is 5.32 Å². The zero-order chi connectivity index (χ0) is 14.5. The number of rotatable bonds is 4. The lowest BCUT2D eigenvalue weighted by atomic mass is 10.1. The van der Waals surface area contributed by atoms with Crippen molar-refractivity contribution in [2.24, 2.45) is 0 Å². The molecular formula is C15H14INO3. The topological polar surface area (TPSA) is 63.2 Å². The SMILES string of the molecule is C[C@@H](NC(=O)c1ccccc1I(=O)=O)c1ccccc1. The number of hydrogen-bond donors (Lipinski definition) is 1. The van der Waals surface area contributed by atoms with E-state index in [0.717, 1.165) is 5.56 Å². The summed E-state index contributed by atoms with van der Waals surface area (Å²) >= 11 is -3.68. The van der Waals surface area contributed by atoms with Crippen molar-refractivity contribution in [3.63, 3.8) is 0 Å². The third-order valence-corrected chi connectivity index (χ3v) is 4.82. The lowest BCUT2D eigenvalue weighted by Gasteiger charge is -2.14. The van der Waals surface area contributed by atoms with Crippen molar-refractivity contribution >= 4 is 25.7 Å². The summed E-state index contributed by atoms with van der Waals surface area (Å²) in [6.45, 7) is 1.86. The molecule has 2 aromatic rings. The molecule has 0 radical (unpaired) electrons. The second kappa shape index (κ2) is 6.60. The molecule has 20 heavy (non-hydrogen) atoms. The highest BCUT2D eigenvalue weighted by Crippen LogP contribution is 2.22. The molecule has 1 N–H and O–H groups in total. The third-order valence-electron chi connectivity index (χ3n) is 2.93. The number of amides is 1. The Labute approximate surface area is 124 Å². The summed E-state index contributed by atoms with van der Waals surface area (Å²) in [5.41, 5.74) is 1.18. The number of carbonyl (C=O) groups excluding carboxylic acids is 1. The van der Waals surface area contributed by atoms with Gasteiger partial charge in [0, 0.05) is 0 Å². The van der Waals surface area contributed by atoms with Gasteiger partial charge in [0.15, 0.2) is 0 Å². The van der Waals surface area contributed by atoms with Gasteiger partial charge in [0.2, 0.25) is 0 Å². The van der Waals surface area contributed by atoms with Gasteiger partial charge in [-0.05, 0) is 24.6 Å². The molecule has 1 amide bonds. The average molecular weight is 383 g/mol. The molecule has 0 spiro atoms. The van der Waals surface area contributed by atoms with E-state index in [1.54, 1.807) is 12.1 Å². The fraction of sp³-hybridized carbons (Fsp3) is 0.133. The quantitative estimate of drug-likeness (QED) is 0.822. The first-order chi connectivity index (χ1) is 9.59. The van der Waals surface area contributed by atoms with Gasteiger partial charge in [0.25, 0.3) is 5.91 Å². The van der Waals surface area contributed by atoms with E-state index < -0.39 is 19.8 Å². The normalized spacial score (nSPS) is 12.1. The molecule has 0 aliphatic carbocycles. The van der Waals surface area contributed by atoms with Gasteiger partial charge in [0.05, 0.1) is 15.2 Å². The van der Waals surface area contributed by atoms with Crippen molar-refractivity contribution in [1.29, 1.82) is 0 Å². The third kappa shape index (κ3) is 3.41. The minimum absolute atomic E-state index is 0.134. The smallest absolute Gasteiger partial charge is 0.341 e. The molecule has 2 rings (SSSR count). The molecule has 0 saturated carbocycles. The van der Waals surface area contributed by atoms with E-state index in [1.165, 1.54) is 12.1 Å². The van der Waals surface area contributed by atoms with Crippen molar-refractivity contribution in [1.82, 2.24) is 5.32 Å². The van der Waals surface area contributed by atoms with Crippen molar-refractivity contribution in [3.8, 4) is 0 Å². The fourth-order valence-electron chi connectivity index (χ4n) is 1.88. The zero-order valence-electron chi connectivity index (χ0n) is 10.9. The second-order valence-corrected chi connectivity index (χ2v) is 6.71. The van der Waals surface area contributed by atoms with E-state index in [1.807, 2.05) is 37.3 Å². The van der Waals surface area contributed by atoms with Crippen LogP contribution >= 0.6 is 19.8 Å². The molecule has 1 atom stereocenters. The number of nitrogens with one attached hydrogen (secondary N) is 1. The van der Waals surface area contributed by atoms with Crippen LogP contribution in [0.4, 0.5) is 0 Å². The molecule has 0 aliphatic rings. The highest BCUT2D eigenvalue weighted by Gasteiger charge is 2.16. The summed E-state index contributed by atoms with van der Waals surface area (Å²) < 4.78 is 22.6. The first-order valence-corrected chi connectivity index (χ1v) is 8.93. The van der Waals surface area contributed by atoms with E-state index in [4.69, 9.17) is 0 Å². The Hall–Kier alpha value is -1.76. The second-order valence-electron chi connectivity index (χ2n) is 4.30. The summed E-state index contributed by atoms with van der Waals surface area (Å²) in [4.78, 5) is 12.2. The lowest BCUT2D eigenvalue weighted by molar-refractivity contribution is 0.0939. The van der Waals surface area contributed by atoms with Gasteiger partial charge in [-0.3, -0.25) is 4.79 Å². The van der Waals surface area contributed by atoms with E-state index in [2.05, 4.69) is 5.32 Å². The Morgan fingerprint density at radius 1 is 1.00 bits per heavy atom. The summed E-state index contributed by atoms with van der Waals surface area (Å²) in [5, 5.41) is 2.82. The van der Waals surface area contributed by atoms with Crippen LogP contribution in [-0.4, -0.2) is 5.91 Å². The molecule has 2 aromatic carbocycles. The van der Waals surface area contributed by atoms with Gasteiger partial charge in [-0.1, -0.05) is 42.5 Å². The maximum absolute atomic E-state index is 12.2. The van der Waals surface area contributed by atoms with Crippen molar-refractivity contribution in [2.45, 2.75) is 13.0 Å². The Kier molecular flexibility index (Phi) is 4.84. The van der Waals surface area contributed by atoms with Crippen molar-refractivity contribution < 1.29 is 10.9 Å². The van der Waals surface area contributed by atoms with Crippen LogP contribution in [0, 0.1) is 3.57 Å². The minimum Gasteiger partial charge on any atom is -0.345 e. The predicted molar refractivity (Wildman–Crippen MR) is 82.9 cm³/mol. The average Bonchev–Trinajstić information content (AvgIpc) is 2.48. The molecule has 0 bridgehead atoms. The van der Waals surface area contributed by atoms with Crippen molar-refractivity contribution in [3.05, 3.63) is 69.3 Å². The number of carbonyl (C=O) groups is 1. The van der Waals surface area contributed by atoms with E-state index in [9.17, 15) is 10.9 Å².